The molecular weight excluding hydrogens is 320 g/mol. The van der Waals surface area contributed by atoms with Gasteiger partial charge in [0.1, 0.15) is 17.6 Å². The van der Waals surface area contributed by atoms with Gasteiger partial charge in [-0.05, 0) is 0 Å². The molecule has 0 bridgehead atoms. The molecule has 3 heterocycles. The molecule has 9 nitrogen and oxygen atoms in total. The summed E-state index contributed by atoms with van der Waals surface area (Å²) in [5.41, 5.74) is -0.528. The molecule has 0 radical (unpaired) electrons. The molecule has 1 saturated heterocycles. The van der Waals surface area contributed by atoms with Crippen LogP contribution in [0.1, 0.15) is 6.04 Å². The summed E-state index contributed by atoms with van der Waals surface area (Å²) >= 11 is 0. The number of aromatic amines is 1. The van der Waals surface area contributed by atoms with Gasteiger partial charge in [0.25, 0.3) is 5.56 Å². The Morgan fingerprint density at radius 1 is 1.64 bits per heavy atom. The lowest BCUT2D eigenvalue weighted by Crippen LogP contribution is -2.31. The van der Waals surface area contributed by atoms with Crippen LogP contribution in [0.4, 0.5) is 4.39 Å². The first-order chi connectivity index (χ1) is 10.5. The van der Waals surface area contributed by atoms with Crippen LogP contribution < -0.4 is 5.56 Å². The first kappa shape index (κ1) is 15.3. The van der Waals surface area contributed by atoms with Crippen LogP contribution in [-0.2, 0) is 13.8 Å². The number of H-pyrrole nitrogens is 1. The Morgan fingerprint density at radius 2 is 2.41 bits per heavy atom. The van der Waals surface area contributed by atoms with E-state index in [0.717, 1.165) is 12.5 Å². The highest BCUT2D eigenvalue weighted by atomic mass is 31.1. The van der Waals surface area contributed by atoms with E-state index < -0.39 is 37.9 Å². The second-order valence-corrected chi connectivity index (χ2v) is 5.64. The SMILES string of the molecule is O=c1[nH]cnc2c1c(F)cn2C1COC(CO[PH](=O)O)[C@H]1O. The number of hydrogen-bond donors (Lipinski definition) is 3. The summed E-state index contributed by atoms with van der Waals surface area (Å²) in [7, 11) is -3.13. The lowest BCUT2D eigenvalue weighted by molar-refractivity contribution is 0.00829. The van der Waals surface area contributed by atoms with E-state index in [-0.39, 0.29) is 24.2 Å². The van der Waals surface area contributed by atoms with Gasteiger partial charge < -0.3 is 28.8 Å². The smallest absolute Gasteiger partial charge is 0.316 e. The molecule has 0 saturated carbocycles. The minimum atomic E-state index is -3.13. The molecule has 0 aliphatic carbocycles. The summed E-state index contributed by atoms with van der Waals surface area (Å²) in [6.07, 6.45) is 0.287. The predicted molar refractivity (Wildman–Crippen MR) is 72.3 cm³/mol. The summed E-state index contributed by atoms with van der Waals surface area (Å²) in [6.45, 7) is -0.235. The zero-order valence-corrected chi connectivity index (χ0v) is 12.1. The molecule has 0 spiro atoms. The van der Waals surface area contributed by atoms with Crippen molar-refractivity contribution in [3.63, 3.8) is 0 Å². The van der Waals surface area contributed by atoms with Crippen molar-refractivity contribution < 1.29 is 28.2 Å². The van der Waals surface area contributed by atoms with Crippen molar-refractivity contribution >= 4 is 19.3 Å². The number of nitrogens with zero attached hydrogens (tertiary/aromatic N) is 2. The van der Waals surface area contributed by atoms with Gasteiger partial charge in [-0.2, -0.15) is 0 Å². The standard InChI is InChI=1S/C11H13FN3O6P/c12-5-1-15(10-8(5)11(17)14-4-13-10)6-2-20-7(9(6)16)3-21-22(18)19/h1,4,6-7,9,16,22H,2-3H2,(H,18,19)(H,13,14,17)/t6?,7?,9-/m0/s1. The molecule has 2 aromatic rings. The molecule has 3 unspecified atom stereocenters. The molecule has 11 heteroatoms. The van der Waals surface area contributed by atoms with Gasteiger partial charge in [-0.3, -0.25) is 9.36 Å². The Bertz CT molecular complexity index is 777. The van der Waals surface area contributed by atoms with Crippen LogP contribution in [-0.4, -0.2) is 50.0 Å². The lowest BCUT2D eigenvalue weighted by Gasteiger charge is -2.18. The van der Waals surface area contributed by atoms with Crippen molar-refractivity contribution in [2.45, 2.75) is 18.2 Å². The zero-order valence-electron chi connectivity index (χ0n) is 11.1. The van der Waals surface area contributed by atoms with Crippen LogP contribution in [0.2, 0.25) is 0 Å². The first-order valence-corrected chi connectivity index (χ1v) is 7.64. The predicted octanol–water partition coefficient (Wildman–Crippen LogP) is -0.437. The number of hydrogen-bond acceptors (Lipinski definition) is 6. The van der Waals surface area contributed by atoms with Crippen molar-refractivity contribution in [3.8, 4) is 0 Å². The van der Waals surface area contributed by atoms with E-state index >= 15 is 0 Å². The Kier molecular flexibility index (Phi) is 4.11. The highest BCUT2D eigenvalue weighted by molar-refractivity contribution is 7.32. The van der Waals surface area contributed by atoms with Gasteiger partial charge >= 0.3 is 8.25 Å². The number of rotatable bonds is 4. The van der Waals surface area contributed by atoms with Crippen molar-refractivity contribution in [3.05, 3.63) is 28.7 Å². The van der Waals surface area contributed by atoms with Crippen molar-refractivity contribution in [1.82, 2.24) is 14.5 Å². The van der Waals surface area contributed by atoms with Crippen molar-refractivity contribution in [2.75, 3.05) is 13.2 Å². The lowest BCUT2D eigenvalue weighted by atomic mass is 10.1. The maximum absolute atomic E-state index is 13.9. The number of nitrogens with one attached hydrogen (secondary N) is 1. The van der Waals surface area contributed by atoms with E-state index in [1.165, 1.54) is 4.57 Å². The average Bonchev–Trinajstić information content (AvgIpc) is 2.98. The molecule has 1 aliphatic heterocycles. The van der Waals surface area contributed by atoms with Gasteiger partial charge in [-0.25, -0.2) is 9.37 Å². The number of aliphatic hydroxyl groups is 1. The van der Waals surface area contributed by atoms with Gasteiger partial charge in [-0.1, -0.05) is 0 Å². The third kappa shape index (κ3) is 2.59. The Hall–Kier alpha value is -1.58. The monoisotopic (exact) mass is 333 g/mol. The Labute approximate surface area is 123 Å². The van der Waals surface area contributed by atoms with Crippen LogP contribution in [0.15, 0.2) is 17.3 Å². The summed E-state index contributed by atoms with van der Waals surface area (Å²) in [5.74, 6) is -0.753. The topological polar surface area (TPSA) is 127 Å². The molecule has 3 N–H and O–H groups in total. The van der Waals surface area contributed by atoms with Crippen LogP contribution in [0, 0.1) is 5.82 Å². The largest absolute Gasteiger partial charge is 0.388 e. The minimum absolute atomic E-state index is 0.0270. The summed E-state index contributed by atoms with van der Waals surface area (Å²) in [4.78, 5) is 26.5. The van der Waals surface area contributed by atoms with Gasteiger partial charge in [0, 0.05) is 6.20 Å². The van der Waals surface area contributed by atoms with E-state index in [9.17, 15) is 18.9 Å². The van der Waals surface area contributed by atoms with E-state index in [4.69, 9.17) is 9.63 Å². The average molecular weight is 333 g/mol. The molecule has 1 fully saturated rings. The van der Waals surface area contributed by atoms with Crippen LogP contribution in [0.5, 0.6) is 0 Å². The zero-order chi connectivity index (χ0) is 15.9. The van der Waals surface area contributed by atoms with Gasteiger partial charge in [0.2, 0.25) is 0 Å². The quantitative estimate of drug-likeness (QED) is 0.648. The van der Waals surface area contributed by atoms with E-state index in [1.54, 1.807) is 0 Å². The fourth-order valence-corrected chi connectivity index (χ4v) is 2.82. The van der Waals surface area contributed by atoms with Crippen molar-refractivity contribution in [2.24, 2.45) is 0 Å². The van der Waals surface area contributed by atoms with Crippen LogP contribution in [0.3, 0.4) is 0 Å². The molecule has 4 atom stereocenters. The maximum Gasteiger partial charge on any atom is 0.316 e. The molecular formula is C11H13FN3O6P. The second-order valence-electron chi connectivity index (χ2n) is 4.82. The fourth-order valence-electron chi connectivity index (χ4n) is 2.51. The normalized spacial score (nSPS) is 26.6. The highest BCUT2D eigenvalue weighted by Crippen LogP contribution is 2.30. The summed E-state index contributed by atoms with van der Waals surface area (Å²) < 4.78 is 35.6. The number of fused-ring (bicyclic) bond motifs is 1. The number of aliphatic hydroxyl groups excluding tert-OH is 1. The Balaban J connectivity index is 1.91. The van der Waals surface area contributed by atoms with E-state index in [1.807, 2.05) is 0 Å². The van der Waals surface area contributed by atoms with Crippen LogP contribution in [0.25, 0.3) is 11.0 Å². The van der Waals surface area contributed by atoms with Crippen LogP contribution >= 0.6 is 8.25 Å². The minimum Gasteiger partial charge on any atom is -0.388 e. The molecule has 1 aliphatic rings. The van der Waals surface area contributed by atoms with Crippen molar-refractivity contribution in [1.29, 1.82) is 0 Å². The van der Waals surface area contributed by atoms with E-state index in [2.05, 4.69) is 14.5 Å². The number of aromatic nitrogens is 3. The first-order valence-electron chi connectivity index (χ1n) is 6.38. The van der Waals surface area contributed by atoms with Gasteiger partial charge in [0.15, 0.2) is 11.5 Å². The van der Waals surface area contributed by atoms with E-state index in [0.29, 0.717) is 0 Å². The number of halogens is 1. The second kappa shape index (κ2) is 5.90. The molecule has 2 aromatic heterocycles. The summed E-state index contributed by atoms with van der Waals surface area (Å²) in [5, 5.41) is 10.0. The van der Waals surface area contributed by atoms with Gasteiger partial charge in [-0.15, -0.1) is 0 Å². The third-order valence-corrected chi connectivity index (χ3v) is 3.97. The third-order valence-electron chi connectivity index (χ3n) is 3.55. The highest BCUT2D eigenvalue weighted by Gasteiger charge is 2.38. The molecule has 3 rings (SSSR count). The fraction of sp³-hybridized carbons (Fsp3) is 0.455. The Morgan fingerprint density at radius 3 is 3.14 bits per heavy atom. The molecule has 0 amide bonds. The summed E-state index contributed by atoms with van der Waals surface area (Å²) in [6, 6.07) is -0.684. The molecule has 22 heavy (non-hydrogen) atoms. The molecule has 120 valence electrons. The number of ether oxygens (including phenoxy) is 1. The maximum atomic E-state index is 13.9. The van der Waals surface area contributed by atoms with Gasteiger partial charge in [0.05, 0.1) is 25.6 Å². The molecule has 0 aromatic carbocycles.